The van der Waals surface area contributed by atoms with Gasteiger partial charge in [-0.3, -0.25) is 0 Å². The van der Waals surface area contributed by atoms with Crippen molar-refractivity contribution in [2.75, 3.05) is 32.8 Å². The quantitative estimate of drug-likeness (QED) is 0.201. The highest BCUT2D eigenvalue weighted by Gasteiger charge is 2.21. The zero-order valence-electron chi connectivity index (χ0n) is 16.1. The molecule has 0 saturated carbocycles. The first kappa shape index (κ1) is 24.4. The summed E-state index contributed by atoms with van der Waals surface area (Å²) in [6.45, 7) is 3.52. The molecule has 0 spiro atoms. The summed E-state index contributed by atoms with van der Waals surface area (Å²) in [6.07, 6.45) is 8.99. The Morgan fingerprint density at radius 2 is 1.78 bits per heavy atom. The minimum atomic E-state index is -0.644. The average Bonchev–Trinajstić information content (AvgIpc) is 2.66. The van der Waals surface area contributed by atoms with Crippen molar-refractivity contribution in [3.05, 3.63) is 0 Å². The van der Waals surface area contributed by atoms with E-state index in [1.165, 1.54) is 6.08 Å². The van der Waals surface area contributed by atoms with Gasteiger partial charge in [0.25, 0.3) is 6.26 Å². The van der Waals surface area contributed by atoms with Crippen LogP contribution in [0.25, 0.3) is 0 Å². The molecule has 0 aromatic carbocycles. The summed E-state index contributed by atoms with van der Waals surface area (Å²) in [6, 6.07) is -0.452. The lowest BCUT2D eigenvalue weighted by Crippen LogP contribution is -2.44. The van der Waals surface area contributed by atoms with Gasteiger partial charge in [0, 0.05) is 13.1 Å². The molecule has 0 aliphatic heterocycles. The Bertz CT molecular complexity index is 500. The fourth-order valence-electron chi connectivity index (χ4n) is 2.33. The molecular formula is C18H30N4O5. The van der Waals surface area contributed by atoms with Crippen LogP contribution in [0, 0.1) is 11.5 Å². The predicted octanol–water partition coefficient (Wildman–Crippen LogP) is 3.11. The molecule has 0 radical (unpaired) electrons. The molecule has 3 amide bonds. The van der Waals surface area contributed by atoms with E-state index < -0.39 is 12.1 Å². The van der Waals surface area contributed by atoms with Crippen molar-refractivity contribution in [1.82, 2.24) is 10.2 Å². The molecule has 0 bridgehead atoms. The third-order valence-corrected chi connectivity index (χ3v) is 3.71. The molecule has 152 valence electrons. The fraction of sp³-hybridized carbons (Fsp3) is 0.778. The van der Waals surface area contributed by atoms with Gasteiger partial charge in [-0.2, -0.15) is 5.26 Å². The Kier molecular flexibility index (Phi) is 16.5. The van der Waals surface area contributed by atoms with Crippen molar-refractivity contribution in [3.8, 4) is 6.26 Å². The SMILES string of the molecule is CCOC(=O)N(CCCCCCOC#N)C(=O)NCCCCCCN=C=O. The summed E-state index contributed by atoms with van der Waals surface area (Å²) in [5.74, 6) is 0. The molecule has 9 heteroatoms. The number of rotatable bonds is 15. The molecule has 0 rings (SSSR count). The highest BCUT2D eigenvalue weighted by atomic mass is 16.6. The topological polar surface area (TPSA) is 121 Å². The van der Waals surface area contributed by atoms with Crippen LogP contribution in [0.2, 0.25) is 0 Å². The lowest BCUT2D eigenvalue weighted by Gasteiger charge is -2.20. The van der Waals surface area contributed by atoms with Crippen molar-refractivity contribution in [1.29, 1.82) is 5.26 Å². The van der Waals surface area contributed by atoms with Gasteiger partial charge in [0.1, 0.15) is 6.61 Å². The van der Waals surface area contributed by atoms with Crippen LogP contribution in [0.4, 0.5) is 9.59 Å². The van der Waals surface area contributed by atoms with Gasteiger partial charge < -0.3 is 14.8 Å². The van der Waals surface area contributed by atoms with Gasteiger partial charge in [0.15, 0.2) is 0 Å². The minimum Gasteiger partial charge on any atom is -0.449 e. The maximum atomic E-state index is 12.2. The predicted molar refractivity (Wildman–Crippen MR) is 98.6 cm³/mol. The number of nitrogens with one attached hydrogen (secondary N) is 1. The zero-order chi connectivity index (χ0) is 20.2. The van der Waals surface area contributed by atoms with Gasteiger partial charge in [-0.15, -0.1) is 0 Å². The van der Waals surface area contributed by atoms with Gasteiger partial charge in [0.05, 0.1) is 13.2 Å². The summed E-state index contributed by atoms with van der Waals surface area (Å²) in [5, 5.41) is 11.0. The molecule has 27 heavy (non-hydrogen) atoms. The second-order valence-corrected chi connectivity index (χ2v) is 5.82. The maximum Gasteiger partial charge on any atom is 0.417 e. The number of urea groups is 1. The van der Waals surface area contributed by atoms with E-state index in [-0.39, 0.29) is 13.2 Å². The number of hydrogen-bond donors (Lipinski definition) is 1. The Balaban J connectivity index is 4.07. The molecule has 0 fully saturated rings. The van der Waals surface area contributed by atoms with Crippen LogP contribution < -0.4 is 5.32 Å². The number of unbranched alkanes of at least 4 members (excludes halogenated alkanes) is 6. The largest absolute Gasteiger partial charge is 0.449 e. The molecule has 0 aromatic heterocycles. The number of aliphatic imine (C=N–C) groups is 1. The minimum absolute atomic E-state index is 0.206. The van der Waals surface area contributed by atoms with Crippen LogP contribution in [-0.4, -0.2) is 56.0 Å². The summed E-state index contributed by atoms with van der Waals surface area (Å²) >= 11 is 0. The maximum absolute atomic E-state index is 12.2. The molecule has 9 nitrogen and oxygen atoms in total. The second kappa shape index (κ2) is 18.2. The monoisotopic (exact) mass is 382 g/mol. The second-order valence-electron chi connectivity index (χ2n) is 5.82. The number of isocyanates is 1. The highest BCUT2D eigenvalue weighted by molar-refractivity contribution is 5.90. The molecule has 0 aliphatic carbocycles. The molecule has 0 unspecified atom stereocenters. The first-order chi connectivity index (χ1) is 13.2. The van der Waals surface area contributed by atoms with Crippen molar-refractivity contribution in [2.24, 2.45) is 4.99 Å². The van der Waals surface area contributed by atoms with Crippen LogP contribution in [0.15, 0.2) is 4.99 Å². The molecule has 0 atom stereocenters. The standard InChI is InChI=1S/C18H30N4O5/c1-2-27-18(25)22(13-9-5-6-10-14-26-15-19)17(24)21-12-8-4-3-7-11-20-16-23/h2-14H2,1H3,(H,21,24). The number of carbonyl (C=O) groups excluding carboxylic acids is 3. The van der Waals surface area contributed by atoms with Crippen molar-refractivity contribution < 1.29 is 23.9 Å². The Morgan fingerprint density at radius 1 is 1.07 bits per heavy atom. The third-order valence-electron chi connectivity index (χ3n) is 3.71. The lowest BCUT2D eigenvalue weighted by atomic mass is 10.2. The van der Waals surface area contributed by atoms with E-state index in [9.17, 15) is 14.4 Å². The summed E-state index contributed by atoms with van der Waals surface area (Å²) < 4.78 is 9.54. The van der Waals surface area contributed by atoms with Crippen molar-refractivity contribution in [2.45, 2.75) is 58.3 Å². The highest BCUT2D eigenvalue weighted by Crippen LogP contribution is 2.05. The van der Waals surface area contributed by atoms with E-state index in [2.05, 4.69) is 15.0 Å². The number of amides is 3. The number of carbonyl (C=O) groups is 2. The van der Waals surface area contributed by atoms with Gasteiger partial charge >= 0.3 is 12.1 Å². The van der Waals surface area contributed by atoms with E-state index in [4.69, 9.17) is 10.00 Å². The summed E-state index contributed by atoms with van der Waals surface area (Å²) in [5.41, 5.74) is 0. The molecular weight excluding hydrogens is 352 g/mol. The van der Waals surface area contributed by atoms with Gasteiger partial charge in [-0.25, -0.2) is 24.3 Å². The van der Waals surface area contributed by atoms with Gasteiger partial charge in [-0.1, -0.05) is 19.3 Å². The van der Waals surface area contributed by atoms with Crippen LogP contribution in [0.1, 0.15) is 58.3 Å². The molecule has 1 N–H and O–H groups in total. The van der Waals surface area contributed by atoms with E-state index in [1.54, 1.807) is 13.2 Å². The summed E-state index contributed by atoms with van der Waals surface area (Å²) in [7, 11) is 0. The van der Waals surface area contributed by atoms with Gasteiger partial charge in [-0.05, 0) is 39.0 Å². The average molecular weight is 382 g/mol. The van der Waals surface area contributed by atoms with Crippen LogP contribution in [-0.2, 0) is 14.3 Å². The number of imide groups is 1. The Morgan fingerprint density at radius 3 is 2.48 bits per heavy atom. The Labute approximate surface area is 160 Å². The molecule has 0 heterocycles. The van der Waals surface area contributed by atoms with E-state index in [0.29, 0.717) is 26.1 Å². The Hall–Kier alpha value is -2.59. The van der Waals surface area contributed by atoms with Crippen LogP contribution >= 0.6 is 0 Å². The van der Waals surface area contributed by atoms with E-state index in [0.717, 1.165) is 49.8 Å². The first-order valence-corrected chi connectivity index (χ1v) is 9.44. The third kappa shape index (κ3) is 14.3. The molecule has 0 aliphatic rings. The van der Waals surface area contributed by atoms with Gasteiger partial charge in [0.2, 0.25) is 6.08 Å². The lowest BCUT2D eigenvalue weighted by molar-refractivity contribution is 0.113. The smallest absolute Gasteiger partial charge is 0.417 e. The first-order valence-electron chi connectivity index (χ1n) is 9.44. The molecule has 0 saturated heterocycles. The number of nitrogens with zero attached hydrogens (tertiary/aromatic N) is 3. The van der Waals surface area contributed by atoms with E-state index >= 15 is 0 Å². The molecule has 0 aromatic rings. The fourth-order valence-corrected chi connectivity index (χ4v) is 2.33. The van der Waals surface area contributed by atoms with Crippen molar-refractivity contribution in [3.63, 3.8) is 0 Å². The van der Waals surface area contributed by atoms with Crippen molar-refractivity contribution >= 4 is 18.2 Å². The zero-order valence-corrected chi connectivity index (χ0v) is 16.1. The number of hydrogen-bond acceptors (Lipinski definition) is 7. The van der Waals surface area contributed by atoms with Crippen LogP contribution in [0.3, 0.4) is 0 Å². The van der Waals surface area contributed by atoms with E-state index in [1.807, 2.05) is 0 Å². The number of ether oxygens (including phenoxy) is 2. The normalized spacial score (nSPS) is 9.63. The summed E-state index contributed by atoms with van der Waals surface area (Å²) in [4.78, 5) is 38.7. The van der Waals surface area contributed by atoms with Crippen LogP contribution in [0.5, 0.6) is 0 Å². The number of nitriles is 1.